The van der Waals surface area contributed by atoms with E-state index in [9.17, 15) is 17.6 Å². The van der Waals surface area contributed by atoms with Crippen molar-refractivity contribution in [1.82, 2.24) is 0 Å². The summed E-state index contributed by atoms with van der Waals surface area (Å²) in [5, 5.41) is 10.0. The Bertz CT molecular complexity index is 817. The minimum Gasteiger partial charge on any atom is -0.478 e. The van der Waals surface area contributed by atoms with Gasteiger partial charge in [-0.3, -0.25) is 0 Å². The molecule has 0 saturated heterocycles. The maximum absolute atomic E-state index is 13.6. The second-order valence-corrected chi connectivity index (χ2v) is 8.34. The number of carboxylic acid groups (broad SMARTS) is 1. The molecule has 0 atom stereocenters. The fourth-order valence-electron chi connectivity index (χ4n) is 1.60. The number of carbonyl (C=O) groups is 1. The van der Waals surface area contributed by atoms with E-state index in [1.807, 2.05) is 0 Å². The Morgan fingerprint density at radius 1 is 1.38 bits per heavy atom. The Kier molecular flexibility index (Phi) is 4.72. The van der Waals surface area contributed by atoms with Gasteiger partial charge in [-0.1, -0.05) is 11.6 Å². The minimum absolute atomic E-state index is 0.344. The molecule has 4 nitrogen and oxygen atoms in total. The molecule has 1 N–H and O–H groups in total. The number of rotatable bonds is 4. The van der Waals surface area contributed by atoms with Crippen LogP contribution in [0, 0.1) is 5.82 Å². The van der Waals surface area contributed by atoms with Gasteiger partial charge in [0, 0.05) is 14.7 Å². The molecule has 0 aliphatic carbocycles. The van der Waals surface area contributed by atoms with Gasteiger partial charge < -0.3 is 5.11 Å². The van der Waals surface area contributed by atoms with Crippen LogP contribution < -0.4 is 0 Å². The molecule has 0 saturated carbocycles. The largest absolute Gasteiger partial charge is 0.478 e. The molecule has 1 aromatic carbocycles. The van der Waals surface area contributed by atoms with Gasteiger partial charge in [0.15, 0.2) is 9.84 Å². The van der Waals surface area contributed by atoms with Crippen molar-refractivity contribution in [1.29, 1.82) is 0 Å². The molecule has 0 amide bonds. The molecule has 0 radical (unpaired) electrons. The van der Waals surface area contributed by atoms with Crippen LogP contribution in [0.25, 0.3) is 0 Å². The SMILES string of the molecule is O=C(O)c1cc(S(=O)(=O)Cc2cc(Br)cs2)cc(F)c1Cl. The van der Waals surface area contributed by atoms with Gasteiger partial charge in [0.05, 0.1) is 21.2 Å². The molecule has 0 unspecified atom stereocenters. The van der Waals surface area contributed by atoms with Gasteiger partial charge >= 0.3 is 5.97 Å². The number of hydrogen-bond acceptors (Lipinski definition) is 4. The lowest BCUT2D eigenvalue weighted by atomic mass is 10.2. The fraction of sp³-hybridized carbons (Fsp3) is 0.0833. The third kappa shape index (κ3) is 3.63. The second kappa shape index (κ2) is 6.04. The predicted molar refractivity (Wildman–Crippen MR) is 81.3 cm³/mol. The summed E-state index contributed by atoms with van der Waals surface area (Å²) < 4.78 is 38.8. The van der Waals surface area contributed by atoms with Gasteiger partial charge in [-0.05, 0) is 34.1 Å². The molecule has 1 aromatic heterocycles. The number of carboxylic acids is 1. The zero-order valence-corrected chi connectivity index (χ0v) is 14.1. The first kappa shape index (κ1) is 16.4. The normalized spacial score (nSPS) is 11.6. The average Bonchev–Trinajstić information content (AvgIpc) is 2.76. The molecule has 0 fully saturated rings. The molecule has 0 aliphatic heterocycles. The quantitative estimate of drug-likeness (QED) is 0.823. The summed E-state index contributed by atoms with van der Waals surface area (Å²) in [6, 6.07) is 3.23. The van der Waals surface area contributed by atoms with E-state index in [1.54, 1.807) is 11.4 Å². The predicted octanol–water partition coefficient (Wildman–Crippen LogP) is 3.98. The van der Waals surface area contributed by atoms with Crippen LogP contribution in [0.2, 0.25) is 5.02 Å². The molecule has 0 aliphatic rings. The van der Waals surface area contributed by atoms with E-state index in [1.165, 1.54) is 11.3 Å². The van der Waals surface area contributed by atoms with E-state index in [4.69, 9.17) is 16.7 Å². The molecule has 1 heterocycles. The van der Waals surface area contributed by atoms with Crippen LogP contribution in [-0.2, 0) is 15.6 Å². The van der Waals surface area contributed by atoms with Crippen molar-refractivity contribution in [3.63, 3.8) is 0 Å². The highest BCUT2D eigenvalue weighted by Gasteiger charge is 2.22. The lowest BCUT2D eigenvalue weighted by Crippen LogP contribution is -2.08. The van der Waals surface area contributed by atoms with Gasteiger partial charge in [-0.15, -0.1) is 11.3 Å². The molecular formula is C12H7BrClFO4S2. The van der Waals surface area contributed by atoms with Crippen molar-refractivity contribution < 1.29 is 22.7 Å². The van der Waals surface area contributed by atoms with Gasteiger partial charge in [-0.25, -0.2) is 17.6 Å². The summed E-state index contributed by atoms with van der Waals surface area (Å²) >= 11 is 9.95. The highest BCUT2D eigenvalue weighted by atomic mass is 79.9. The van der Waals surface area contributed by atoms with Crippen LogP contribution in [0.1, 0.15) is 15.2 Å². The molecular weight excluding hydrogens is 407 g/mol. The van der Waals surface area contributed by atoms with Gasteiger partial charge in [0.25, 0.3) is 0 Å². The van der Waals surface area contributed by atoms with Crippen LogP contribution >= 0.6 is 38.9 Å². The summed E-state index contributed by atoms with van der Waals surface area (Å²) in [6.45, 7) is 0. The third-order valence-corrected chi connectivity index (χ3v) is 6.45. The van der Waals surface area contributed by atoms with Crippen molar-refractivity contribution in [2.24, 2.45) is 0 Å². The van der Waals surface area contributed by atoms with Crippen LogP contribution in [-0.4, -0.2) is 19.5 Å². The summed E-state index contributed by atoms with van der Waals surface area (Å²) in [7, 11) is -3.87. The van der Waals surface area contributed by atoms with E-state index in [2.05, 4.69) is 15.9 Å². The Labute approximate surface area is 137 Å². The molecule has 21 heavy (non-hydrogen) atoms. The van der Waals surface area contributed by atoms with Crippen molar-refractivity contribution in [2.45, 2.75) is 10.6 Å². The summed E-state index contributed by atoms with van der Waals surface area (Å²) in [6.07, 6.45) is 0. The third-order valence-electron chi connectivity index (χ3n) is 2.55. The standard InChI is InChI=1S/C12H7BrClFO4S2/c13-6-1-7(20-4-6)5-21(18,19)8-2-9(12(16)17)11(14)10(15)3-8/h1-4H,5H2,(H,16,17). The lowest BCUT2D eigenvalue weighted by molar-refractivity contribution is 0.0696. The first-order valence-corrected chi connectivity index (χ1v) is 9.09. The van der Waals surface area contributed by atoms with E-state index < -0.39 is 37.1 Å². The van der Waals surface area contributed by atoms with Crippen molar-refractivity contribution in [3.8, 4) is 0 Å². The number of benzene rings is 1. The fourth-order valence-corrected chi connectivity index (χ4v) is 4.97. The smallest absolute Gasteiger partial charge is 0.337 e. The van der Waals surface area contributed by atoms with Gasteiger partial charge in [0.1, 0.15) is 5.82 Å². The lowest BCUT2D eigenvalue weighted by Gasteiger charge is -2.07. The van der Waals surface area contributed by atoms with E-state index in [0.29, 0.717) is 4.88 Å². The summed E-state index contributed by atoms with van der Waals surface area (Å²) in [5.41, 5.74) is -0.581. The van der Waals surface area contributed by atoms with Crippen LogP contribution in [0.5, 0.6) is 0 Å². The number of halogens is 3. The maximum atomic E-state index is 13.6. The Morgan fingerprint density at radius 2 is 2.05 bits per heavy atom. The minimum atomic E-state index is -3.87. The zero-order valence-electron chi connectivity index (χ0n) is 10.1. The summed E-state index contributed by atoms with van der Waals surface area (Å²) in [4.78, 5) is 11.1. The first-order valence-electron chi connectivity index (χ1n) is 5.38. The average molecular weight is 414 g/mol. The highest BCUT2D eigenvalue weighted by molar-refractivity contribution is 9.10. The Balaban J connectivity index is 2.47. The number of aromatic carboxylic acids is 1. The van der Waals surface area contributed by atoms with Crippen LogP contribution in [0.3, 0.4) is 0 Å². The Morgan fingerprint density at radius 3 is 2.57 bits per heavy atom. The monoisotopic (exact) mass is 412 g/mol. The van der Waals surface area contributed by atoms with Crippen molar-refractivity contribution >= 4 is 54.7 Å². The van der Waals surface area contributed by atoms with Gasteiger partial charge in [0.2, 0.25) is 0 Å². The number of thiophene rings is 1. The molecule has 0 bridgehead atoms. The van der Waals surface area contributed by atoms with E-state index in [0.717, 1.165) is 16.6 Å². The zero-order chi connectivity index (χ0) is 15.8. The molecule has 0 spiro atoms. The van der Waals surface area contributed by atoms with Crippen LogP contribution in [0.15, 0.2) is 32.9 Å². The molecule has 2 aromatic rings. The van der Waals surface area contributed by atoms with Gasteiger partial charge in [-0.2, -0.15) is 0 Å². The molecule has 112 valence electrons. The molecule has 2 rings (SSSR count). The molecule has 9 heteroatoms. The highest BCUT2D eigenvalue weighted by Crippen LogP contribution is 2.28. The van der Waals surface area contributed by atoms with E-state index >= 15 is 0 Å². The maximum Gasteiger partial charge on any atom is 0.337 e. The Hall–Kier alpha value is -0.960. The topological polar surface area (TPSA) is 71.4 Å². The first-order chi connectivity index (χ1) is 9.70. The van der Waals surface area contributed by atoms with Crippen molar-refractivity contribution in [2.75, 3.05) is 0 Å². The van der Waals surface area contributed by atoms with Crippen molar-refractivity contribution in [3.05, 3.63) is 49.3 Å². The second-order valence-electron chi connectivity index (χ2n) is 4.06. The number of sulfone groups is 1. The number of hydrogen-bond donors (Lipinski definition) is 1. The summed E-state index contributed by atoms with van der Waals surface area (Å²) in [5.74, 6) is -2.92. The van der Waals surface area contributed by atoms with Crippen LogP contribution in [0.4, 0.5) is 4.39 Å². The van der Waals surface area contributed by atoms with E-state index in [-0.39, 0.29) is 5.75 Å².